The fourth-order valence-electron chi connectivity index (χ4n) is 2.98. The molecule has 25 heavy (non-hydrogen) atoms. The molecule has 0 fully saturated rings. The van der Waals surface area contributed by atoms with E-state index in [9.17, 15) is 4.79 Å². The summed E-state index contributed by atoms with van der Waals surface area (Å²) in [6.45, 7) is 4.21. The molecule has 1 aromatic heterocycles. The lowest BCUT2D eigenvalue weighted by molar-refractivity contribution is 0.0776. The van der Waals surface area contributed by atoms with E-state index in [1.165, 1.54) is 0 Å². The molecule has 1 N–H and O–H groups in total. The van der Waals surface area contributed by atoms with Gasteiger partial charge < -0.3 is 15.0 Å². The van der Waals surface area contributed by atoms with Crippen LogP contribution in [0.4, 0.5) is 5.69 Å². The van der Waals surface area contributed by atoms with Crippen LogP contribution in [0.15, 0.2) is 30.3 Å². The summed E-state index contributed by atoms with van der Waals surface area (Å²) in [7, 11) is 1.58. The molecule has 0 unspecified atom stereocenters. The fourth-order valence-corrected chi connectivity index (χ4v) is 3.12. The van der Waals surface area contributed by atoms with Crippen molar-refractivity contribution in [2.75, 3.05) is 19.0 Å². The van der Waals surface area contributed by atoms with Crippen LogP contribution >= 0.6 is 11.6 Å². The molecular formula is C19H22ClN3O2. The Balaban J connectivity index is 1.69. The molecule has 0 radical (unpaired) electrons. The first-order valence-corrected chi connectivity index (χ1v) is 8.85. The molecule has 5 nitrogen and oxygen atoms in total. The van der Waals surface area contributed by atoms with Crippen LogP contribution in [0.5, 0.6) is 5.88 Å². The number of unbranched alkanes of at least 4 members (excludes halogenated alkanes) is 1. The van der Waals surface area contributed by atoms with Crippen LogP contribution in [0.2, 0.25) is 5.15 Å². The van der Waals surface area contributed by atoms with Gasteiger partial charge in [-0.05, 0) is 42.3 Å². The maximum atomic E-state index is 12.4. The number of hydrogen-bond acceptors (Lipinski definition) is 4. The lowest BCUT2D eigenvalue weighted by Crippen LogP contribution is -2.24. The highest BCUT2D eigenvalue weighted by molar-refractivity contribution is 6.29. The molecule has 2 heterocycles. The van der Waals surface area contributed by atoms with Crippen molar-refractivity contribution < 1.29 is 9.53 Å². The summed E-state index contributed by atoms with van der Waals surface area (Å²) in [5, 5.41) is 3.77. The van der Waals surface area contributed by atoms with Gasteiger partial charge in [0.05, 0.1) is 7.11 Å². The quantitative estimate of drug-likeness (QED) is 0.756. The Labute approximate surface area is 153 Å². The van der Waals surface area contributed by atoms with E-state index in [0.29, 0.717) is 24.1 Å². The van der Waals surface area contributed by atoms with Gasteiger partial charge >= 0.3 is 0 Å². The summed E-state index contributed by atoms with van der Waals surface area (Å²) in [5.41, 5.74) is 3.79. The Bertz CT molecular complexity index is 779. The third kappa shape index (κ3) is 3.87. The van der Waals surface area contributed by atoms with E-state index >= 15 is 0 Å². The van der Waals surface area contributed by atoms with E-state index < -0.39 is 0 Å². The number of aromatic nitrogens is 1. The number of ether oxygens (including phenoxy) is 1. The summed E-state index contributed by atoms with van der Waals surface area (Å²) >= 11 is 5.89. The smallest absolute Gasteiger partial charge is 0.254 e. The molecule has 0 aliphatic carbocycles. The van der Waals surface area contributed by atoms with Crippen molar-refractivity contribution in [3.63, 3.8) is 0 Å². The molecule has 1 aliphatic rings. The average Bonchev–Trinajstić information content (AvgIpc) is 2.94. The van der Waals surface area contributed by atoms with E-state index in [1.807, 2.05) is 23.1 Å². The van der Waals surface area contributed by atoms with Gasteiger partial charge in [0, 0.05) is 36.4 Å². The van der Waals surface area contributed by atoms with Crippen molar-refractivity contribution in [1.82, 2.24) is 9.88 Å². The summed E-state index contributed by atoms with van der Waals surface area (Å²) < 4.78 is 5.27. The molecular weight excluding hydrogens is 338 g/mol. The number of pyridine rings is 1. The molecule has 0 bridgehead atoms. The van der Waals surface area contributed by atoms with Crippen molar-refractivity contribution in [2.24, 2.45) is 0 Å². The minimum absolute atomic E-state index is 0.138. The molecule has 0 spiro atoms. The number of halogens is 1. The van der Waals surface area contributed by atoms with Crippen LogP contribution < -0.4 is 10.1 Å². The maximum absolute atomic E-state index is 12.4. The van der Waals surface area contributed by atoms with E-state index in [2.05, 4.69) is 23.3 Å². The van der Waals surface area contributed by atoms with Crippen LogP contribution in [-0.2, 0) is 13.1 Å². The second-order valence-electron chi connectivity index (χ2n) is 6.11. The van der Waals surface area contributed by atoms with E-state index in [-0.39, 0.29) is 5.91 Å². The second kappa shape index (κ2) is 7.74. The predicted molar refractivity (Wildman–Crippen MR) is 99.2 cm³/mol. The predicted octanol–water partition coefficient (Wildman–Crippen LogP) is 4.11. The molecule has 0 atom stereocenters. The molecule has 132 valence electrons. The standard InChI is InChI=1S/C19H22ClN3O2/c1-3-4-9-23-12-14-10-15(6-7-16(14)19(23)24)21-11-13-5-8-17(20)22-18(13)25-2/h5-8,10,21H,3-4,9,11-12H2,1-2H3. The minimum atomic E-state index is 0.138. The molecule has 0 saturated carbocycles. The molecule has 1 amide bonds. The van der Waals surface area contributed by atoms with Crippen LogP contribution in [0, 0.1) is 0 Å². The lowest BCUT2D eigenvalue weighted by atomic mass is 10.1. The number of carbonyl (C=O) groups excluding carboxylic acids is 1. The van der Waals surface area contributed by atoms with Gasteiger partial charge in [-0.2, -0.15) is 0 Å². The third-order valence-corrected chi connectivity index (χ3v) is 4.56. The van der Waals surface area contributed by atoms with Crippen molar-refractivity contribution in [1.29, 1.82) is 0 Å². The number of nitrogens with one attached hydrogen (secondary N) is 1. The van der Waals surface area contributed by atoms with E-state index in [0.717, 1.165) is 41.8 Å². The average molecular weight is 360 g/mol. The molecule has 6 heteroatoms. The van der Waals surface area contributed by atoms with Gasteiger partial charge in [0.25, 0.3) is 5.91 Å². The summed E-state index contributed by atoms with van der Waals surface area (Å²) in [4.78, 5) is 18.5. The van der Waals surface area contributed by atoms with Gasteiger partial charge in [-0.15, -0.1) is 0 Å². The molecule has 3 rings (SSSR count). The number of benzene rings is 1. The van der Waals surface area contributed by atoms with Crippen molar-refractivity contribution in [3.8, 4) is 5.88 Å². The minimum Gasteiger partial charge on any atom is -0.481 e. The van der Waals surface area contributed by atoms with Crippen LogP contribution in [0.1, 0.15) is 41.3 Å². The van der Waals surface area contributed by atoms with E-state index in [1.54, 1.807) is 13.2 Å². The van der Waals surface area contributed by atoms with Gasteiger partial charge in [0.2, 0.25) is 5.88 Å². The molecule has 0 saturated heterocycles. The molecule has 2 aromatic rings. The second-order valence-corrected chi connectivity index (χ2v) is 6.50. The van der Waals surface area contributed by atoms with Crippen LogP contribution in [0.3, 0.4) is 0 Å². The Kier molecular flexibility index (Phi) is 5.43. The summed E-state index contributed by atoms with van der Waals surface area (Å²) in [6.07, 6.45) is 2.12. The first-order valence-electron chi connectivity index (χ1n) is 8.48. The first-order chi connectivity index (χ1) is 12.1. The van der Waals surface area contributed by atoms with Gasteiger partial charge in [-0.3, -0.25) is 4.79 Å². The summed E-state index contributed by atoms with van der Waals surface area (Å²) in [5.74, 6) is 0.653. The highest BCUT2D eigenvalue weighted by Crippen LogP contribution is 2.27. The molecule has 1 aromatic carbocycles. The number of methoxy groups -OCH3 is 1. The number of hydrogen-bond donors (Lipinski definition) is 1. The molecule has 1 aliphatic heterocycles. The zero-order chi connectivity index (χ0) is 17.8. The number of anilines is 1. The number of nitrogens with zero attached hydrogens (tertiary/aromatic N) is 2. The SMILES string of the molecule is CCCCN1Cc2cc(NCc3ccc(Cl)nc3OC)ccc2C1=O. The van der Waals surface area contributed by atoms with Gasteiger partial charge in [0.15, 0.2) is 0 Å². The van der Waals surface area contributed by atoms with Gasteiger partial charge in [-0.1, -0.05) is 24.9 Å². The highest BCUT2D eigenvalue weighted by atomic mass is 35.5. The maximum Gasteiger partial charge on any atom is 0.254 e. The topological polar surface area (TPSA) is 54.5 Å². The van der Waals surface area contributed by atoms with Crippen molar-refractivity contribution in [3.05, 3.63) is 52.2 Å². The summed E-state index contributed by atoms with van der Waals surface area (Å²) in [6, 6.07) is 9.53. The Morgan fingerprint density at radius 1 is 1.32 bits per heavy atom. The fraction of sp³-hybridized carbons (Fsp3) is 0.368. The largest absolute Gasteiger partial charge is 0.481 e. The third-order valence-electron chi connectivity index (χ3n) is 4.35. The number of carbonyl (C=O) groups is 1. The van der Waals surface area contributed by atoms with E-state index in [4.69, 9.17) is 16.3 Å². The van der Waals surface area contributed by atoms with Crippen LogP contribution in [0.25, 0.3) is 0 Å². The zero-order valence-electron chi connectivity index (χ0n) is 14.5. The number of fused-ring (bicyclic) bond motifs is 1. The number of rotatable bonds is 7. The highest BCUT2D eigenvalue weighted by Gasteiger charge is 2.26. The van der Waals surface area contributed by atoms with Crippen molar-refractivity contribution >= 4 is 23.2 Å². The Morgan fingerprint density at radius 2 is 2.16 bits per heavy atom. The first kappa shape index (κ1) is 17.5. The van der Waals surface area contributed by atoms with Crippen LogP contribution in [-0.4, -0.2) is 29.4 Å². The lowest BCUT2D eigenvalue weighted by Gasteiger charge is -2.14. The van der Waals surface area contributed by atoms with Gasteiger partial charge in [0.1, 0.15) is 5.15 Å². The number of amides is 1. The zero-order valence-corrected chi connectivity index (χ0v) is 15.3. The van der Waals surface area contributed by atoms with Crippen molar-refractivity contribution in [2.45, 2.75) is 32.9 Å². The normalized spacial score (nSPS) is 13.1. The van der Waals surface area contributed by atoms with Gasteiger partial charge in [-0.25, -0.2) is 4.98 Å². The monoisotopic (exact) mass is 359 g/mol. The Hall–Kier alpha value is -2.27. The Morgan fingerprint density at radius 3 is 2.92 bits per heavy atom.